The lowest BCUT2D eigenvalue weighted by molar-refractivity contribution is -0.129. The second-order valence-corrected chi connectivity index (χ2v) is 10.3. The van der Waals surface area contributed by atoms with Gasteiger partial charge in [0.05, 0.1) is 27.0 Å². The molecular weight excluding hydrogens is 500 g/mol. The quantitative estimate of drug-likeness (QED) is 0.457. The molecule has 0 unspecified atom stereocenters. The molecule has 34 heavy (non-hydrogen) atoms. The SMILES string of the molecule is CC(=O)N1CCc2nc(C(=O)Nc3cc(C(=O)O)ccc3CNC(=O)c3ccc(Cl)s3)sc2C1. The molecule has 1 aliphatic rings. The number of aromatic nitrogens is 1. The molecule has 0 saturated heterocycles. The van der Waals surface area contributed by atoms with E-state index in [4.69, 9.17) is 11.6 Å². The number of thiophene rings is 1. The number of thiazole rings is 1. The summed E-state index contributed by atoms with van der Waals surface area (Å²) in [5.74, 6) is -2.01. The Morgan fingerprint density at radius 3 is 2.62 bits per heavy atom. The van der Waals surface area contributed by atoms with Crippen molar-refractivity contribution >= 4 is 63.7 Å². The molecule has 0 spiro atoms. The summed E-state index contributed by atoms with van der Waals surface area (Å²) in [7, 11) is 0. The number of nitrogens with zero attached hydrogens (tertiary/aromatic N) is 2. The van der Waals surface area contributed by atoms with Crippen LogP contribution in [0.4, 0.5) is 5.69 Å². The Balaban J connectivity index is 1.52. The number of aromatic carboxylic acids is 1. The molecular formula is C22H19ClN4O5S2. The molecule has 4 rings (SSSR count). The van der Waals surface area contributed by atoms with Gasteiger partial charge in [-0.1, -0.05) is 17.7 Å². The van der Waals surface area contributed by atoms with E-state index in [9.17, 15) is 24.3 Å². The highest BCUT2D eigenvalue weighted by atomic mass is 35.5. The maximum atomic E-state index is 13.0. The summed E-state index contributed by atoms with van der Waals surface area (Å²) in [4.78, 5) is 55.8. The predicted octanol–water partition coefficient (Wildman–Crippen LogP) is 3.64. The van der Waals surface area contributed by atoms with Crippen molar-refractivity contribution in [3.63, 3.8) is 0 Å². The number of carbonyl (C=O) groups excluding carboxylic acids is 3. The number of carboxylic acids is 1. The zero-order chi connectivity index (χ0) is 24.4. The maximum Gasteiger partial charge on any atom is 0.335 e. The van der Waals surface area contributed by atoms with E-state index in [0.29, 0.717) is 34.3 Å². The van der Waals surface area contributed by atoms with Crippen LogP contribution in [0.3, 0.4) is 0 Å². The van der Waals surface area contributed by atoms with Crippen LogP contribution in [0.25, 0.3) is 0 Å². The van der Waals surface area contributed by atoms with Gasteiger partial charge in [0, 0.05) is 37.0 Å². The number of rotatable bonds is 6. The molecule has 0 fully saturated rings. The summed E-state index contributed by atoms with van der Waals surface area (Å²) in [5, 5.41) is 15.1. The molecule has 1 aliphatic heterocycles. The normalized spacial score (nSPS) is 12.7. The van der Waals surface area contributed by atoms with Gasteiger partial charge in [0.25, 0.3) is 11.8 Å². The Bertz CT molecular complexity index is 1300. The van der Waals surface area contributed by atoms with Crippen LogP contribution in [0.1, 0.15) is 52.9 Å². The fourth-order valence-corrected chi connectivity index (χ4v) is 5.39. The van der Waals surface area contributed by atoms with E-state index in [-0.39, 0.29) is 34.6 Å². The minimum atomic E-state index is -1.15. The number of nitrogens with one attached hydrogen (secondary N) is 2. The van der Waals surface area contributed by atoms with Crippen molar-refractivity contribution in [2.75, 3.05) is 11.9 Å². The van der Waals surface area contributed by atoms with Gasteiger partial charge in [-0.15, -0.1) is 22.7 Å². The summed E-state index contributed by atoms with van der Waals surface area (Å²) in [6.45, 7) is 2.52. The van der Waals surface area contributed by atoms with Gasteiger partial charge in [0.15, 0.2) is 5.01 Å². The van der Waals surface area contributed by atoms with Crippen LogP contribution in [-0.2, 0) is 24.3 Å². The zero-order valence-electron chi connectivity index (χ0n) is 17.9. The van der Waals surface area contributed by atoms with Gasteiger partial charge in [0.2, 0.25) is 5.91 Å². The van der Waals surface area contributed by atoms with E-state index in [1.807, 2.05) is 0 Å². The molecule has 0 aliphatic carbocycles. The summed E-state index contributed by atoms with van der Waals surface area (Å²) >= 11 is 8.22. The average Bonchev–Trinajstić information content (AvgIpc) is 3.43. The molecule has 3 heterocycles. The van der Waals surface area contributed by atoms with E-state index >= 15 is 0 Å². The van der Waals surface area contributed by atoms with Gasteiger partial charge in [0.1, 0.15) is 0 Å². The first-order valence-corrected chi connectivity index (χ1v) is 12.2. The van der Waals surface area contributed by atoms with Crippen LogP contribution in [-0.4, -0.2) is 45.2 Å². The highest BCUT2D eigenvalue weighted by Crippen LogP contribution is 2.27. The third kappa shape index (κ3) is 5.27. The van der Waals surface area contributed by atoms with Crippen LogP contribution < -0.4 is 10.6 Å². The zero-order valence-corrected chi connectivity index (χ0v) is 20.3. The number of benzene rings is 1. The Morgan fingerprint density at radius 2 is 1.94 bits per heavy atom. The van der Waals surface area contributed by atoms with Crippen molar-refractivity contribution in [2.24, 2.45) is 0 Å². The van der Waals surface area contributed by atoms with Gasteiger partial charge in [-0.2, -0.15) is 0 Å². The van der Waals surface area contributed by atoms with Crippen molar-refractivity contribution in [3.8, 4) is 0 Å². The van der Waals surface area contributed by atoms with Crippen LogP contribution in [0.5, 0.6) is 0 Å². The number of amides is 3. The van der Waals surface area contributed by atoms with Gasteiger partial charge < -0.3 is 20.6 Å². The Labute approximate surface area is 207 Å². The second kappa shape index (κ2) is 9.92. The van der Waals surface area contributed by atoms with E-state index < -0.39 is 11.9 Å². The van der Waals surface area contributed by atoms with Crippen molar-refractivity contribution in [2.45, 2.75) is 26.4 Å². The van der Waals surface area contributed by atoms with Crippen molar-refractivity contribution in [1.82, 2.24) is 15.2 Å². The number of halogens is 1. The van der Waals surface area contributed by atoms with Crippen molar-refractivity contribution in [3.05, 3.63) is 66.3 Å². The van der Waals surface area contributed by atoms with Gasteiger partial charge in [-0.3, -0.25) is 14.4 Å². The molecule has 9 nitrogen and oxygen atoms in total. The Morgan fingerprint density at radius 1 is 1.15 bits per heavy atom. The molecule has 0 radical (unpaired) electrons. The molecule has 3 aromatic rings. The fourth-order valence-electron chi connectivity index (χ4n) is 3.42. The largest absolute Gasteiger partial charge is 0.478 e. The minimum absolute atomic E-state index is 0.00838. The molecule has 0 saturated carbocycles. The van der Waals surface area contributed by atoms with E-state index in [1.165, 1.54) is 30.4 Å². The van der Waals surface area contributed by atoms with Crippen LogP contribution in [0.2, 0.25) is 4.34 Å². The standard InChI is InChI=1S/C22H19ClN4O5S2/c1-11(28)27-7-6-14-17(10-27)34-21(26-14)20(30)25-15-8-12(22(31)32)2-3-13(15)9-24-19(29)16-4-5-18(23)33-16/h2-5,8H,6-7,9-10H2,1H3,(H,24,29)(H,25,30)(H,31,32). The number of fused-ring (bicyclic) bond motifs is 1. The lowest BCUT2D eigenvalue weighted by Crippen LogP contribution is -2.33. The number of anilines is 1. The topological polar surface area (TPSA) is 129 Å². The third-order valence-electron chi connectivity index (χ3n) is 5.21. The smallest absolute Gasteiger partial charge is 0.335 e. The number of carbonyl (C=O) groups is 4. The van der Waals surface area contributed by atoms with E-state index in [1.54, 1.807) is 23.1 Å². The predicted molar refractivity (Wildman–Crippen MR) is 129 cm³/mol. The molecule has 0 atom stereocenters. The molecule has 2 aromatic heterocycles. The third-order valence-corrected chi connectivity index (χ3v) is 7.52. The number of hydrogen-bond acceptors (Lipinski definition) is 7. The molecule has 3 amide bonds. The van der Waals surface area contributed by atoms with Crippen molar-refractivity contribution in [1.29, 1.82) is 0 Å². The lowest BCUT2D eigenvalue weighted by Gasteiger charge is -2.24. The number of hydrogen-bond donors (Lipinski definition) is 3. The highest BCUT2D eigenvalue weighted by molar-refractivity contribution is 7.18. The number of carboxylic acid groups (broad SMARTS) is 1. The molecule has 1 aromatic carbocycles. The first kappa shape index (κ1) is 23.9. The van der Waals surface area contributed by atoms with Crippen LogP contribution in [0.15, 0.2) is 30.3 Å². The molecule has 3 N–H and O–H groups in total. The van der Waals surface area contributed by atoms with Crippen LogP contribution in [0, 0.1) is 0 Å². The monoisotopic (exact) mass is 518 g/mol. The van der Waals surface area contributed by atoms with Crippen molar-refractivity contribution < 1.29 is 24.3 Å². The molecule has 176 valence electrons. The highest BCUT2D eigenvalue weighted by Gasteiger charge is 2.25. The van der Waals surface area contributed by atoms with Gasteiger partial charge in [-0.05, 0) is 29.8 Å². The Kier molecular flexibility index (Phi) is 6.96. The lowest BCUT2D eigenvalue weighted by atomic mass is 10.1. The van der Waals surface area contributed by atoms with Gasteiger partial charge >= 0.3 is 5.97 Å². The molecule has 0 bridgehead atoms. The maximum absolute atomic E-state index is 13.0. The first-order chi connectivity index (χ1) is 16.2. The summed E-state index contributed by atoms with van der Waals surface area (Å²) in [5.41, 5.74) is 1.56. The summed E-state index contributed by atoms with van der Waals surface area (Å²) in [6.07, 6.45) is 0.567. The minimum Gasteiger partial charge on any atom is -0.478 e. The van der Waals surface area contributed by atoms with Crippen LogP contribution >= 0.6 is 34.3 Å². The fraction of sp³-hybridized carbons (Fsp3) is 0.227. The van der Waals surface area contributed by atoms with Gasteiger partial charge in [-0.25, -0.2) is 9.78 Å². The summed E-state index contributed by atoms with van der Waals surface area (Å²) < 4.78 is 0.487. The van der Waals surface area contributed by atoms with E-state index in [0.717, 1.165) is 21.9 Å². The average molecular weight is 519 g/mol. The molecule has 12 heteroatoms. The Hall–Kier alpha value is -3.28. The first-order valence-electron chi connectivity index (χ1n) is 10.2. The second-order valence-electron chi connectivity index (χ2n) is 7.50. The summed E-state index contributed by atoms with van der Waals surface area (Å²) in [6, 6.07) is 7.51. The van der Waals surface area contributed by atoms with E-state index in [2.05, 4.69) is 15.6 Å².